The number of imide groups is 1. The predicted molar refractivity (Wildman–Crippen MR) is 98.1 cm³/mol. The molecule has 27 heavy (non-hydrogen) atoms. The molecule has 7 heteroatoms. The van der Waals surface area contributed by atoms with Crippen LogP contribution in [0.2, 0.25) is 0 Å². The molecule has 0 atom stereocenters. The van der Waals surface area contributed by atoms with Crippen LogP contribution in [-0.4, -0.2) is 71.8 Å². The van der Waals surface area contributed by atoms with Gasteiger partial charge in [0.05, 0.1) is 6.61 Å². The second-order valence-electron chi connectivity index (χ2n) is 7.39. The zero-order chi connectivity index (χ0) is 18.8. The molecule has 0 spiro atoms. The summed E-state index contributed by atoms with van der Waals surface area (Å²) in [5.74, 6) is 0.718. The lowest BCUT2D eigenvalue weighted by Crippen LogP contribution is -2.49. The van der Waals surface area contributed by atoms with Gasteiger partial charge in [-0.15, -0.1) is 0 Å². The number of carbonyl (C=O) groups excluding carboxylic acids is 3. The van der Waals surface area contributed by atoms with Crippen molar-refractivity contribution < 1.29 is 19.1 Å². The largest absolute Gasteiger partial charge is 0.493 e. The van der Waals surface area contributed by atoms with E-state index in [0.29, 0.717) is 13.1 Å². The molecule has 0 N–H and O–H groups in total. The smallest absolute Gasteiger partial charge is 0.229 e. The van der Waals surface area contributed by atoms with E-state index in [4.69, 9.17) is 4.74 Å². The van der Waals surface area contributed by atoms with Crippen LogP contribution in [0, 0.1) is 0 Å². The van der Waals surface area contributed by atoms with Gasteiger partial charge in [0, 0.05) is 65.0 Å². The van der Waals surface area contributed by atoms with Gasteiger partial charge in [0.25, 0.3) is 0 Å². The van der Waals surface area contributed by atoms with Crippen LogP contribution in [0.3, 0.4) is 0 Å². The Hall–Kier alpha value is -2.41. The number of piperazine rings is 1. The third kappa shape index (κ3) is 3.98. The minimum absolute atomic E-state index is 0.0248. The van der Waals surface area contributed by atoms with E-state index in [1.54, 1.807) is 0 Å². The highest BCUT2D eigenvalue weighted by Gasteiger charge is 2.30. The normalized spacial score (nSPS) is 20.1. The molecule has 1 aromatic rings. The lowest BCUT2D eigenvalue weighted by Gasteiger charge is -2.35. The lowest BCUT2D eigenvalue weighted by atomic mass is 10.1. The molecule has 0 unspecified atom stereocenters. The summed E-state index contributed by atoms with van der Waals surface area (Å²) in [6.45, 7) is 4.92. The van der Waals surface area contributed by atoms with E-state index < -0.39 is 0 Å². The third-order valence-corrected chi connectivity index (χ3v) is 5.59. The summed E-state index contributed by atoms with van der Waals surface area (Å²) in [5.41, 5.74) is 2.57. The highest BCUT2D eigenvalue weighted by molar-refractivity contribution is 6.02. The van der Waals surface area contributed by atoms with Gasteiger partial charge in [-0.2, -0.15) is 0 Å². The predicted octanol–water partition coefficient (Wildman–Crippen LogP) is 0.805. The Morgan fingerprint density at radius 3 is 2.48 bits per heavy atom. The molecule has 3 aliphatic rings. The van der Waals surface area contributed by atoms with E-state index in [0.717, 1.165) is 38.4 Å². The maximum absolute atomic E-state index is 12.4. The van der Waals surface area contributed by atoms with Gasteiger partial charge in [-0.25, -0.2) is 0 Å². The number of rotatable bonds is 5. The van der Waals surface area contributed by atoms with Crippen LogP contribution in [-0.2, 0) is 27.3 Å². The Morgan fingerprint density at radius 1 is 1.00 bits per heavy atom. The fourth-order valence-electron chi connectivity index (χ4n) is 3.99. The Morgan fingerprint density at radius 2 is 1.74 bits per heavy atom. The van der Waals surface area contributed by atoms with E-state index in [2.05, 4.69) is 23.1 Å². The van der Waals surface area contributed by atoms with Gasteiger partial charge in [0.1, 0.15) is 5.75 Å². The van der Waals surface area contributed by atoms with Crippen LogP contribution >= 0.6 is 0 Å². The molecule has 2 saturated heterocycles. The van der Waals surface area contributed by atoms with Crippen LogP contribution < -0.4 is 4.74 Å². The first-order chi connectivity index (χ1) is 13.1. The molecule has 4 rings (SSSR count). The summed E-state index contributed by atoms with van der Waals surface area (Å²) >= 11 is 0. The highest BCUT2D eigenvalue weighted by Crippen LogP contribution is 2.26. The fraction of sp³-hybridized carbons (Fsp3) is 0.550. The average Bonchev–Trinajstić information content (AvgIpc) is 3.26. The van der Waals surface area contributed by atoms with Crippen molar-refractivity contribution in [3.63, 3.8) is 0 Å². The van der Waals surface area contributed by atoms with Crippen molar-refractivity contribution in [2.75, 3.05) is 39.3 Å². The number of ether oxygens (including phenoxy) is 1. The molecule has 3 amide bonds. The van der Waals surface area contributed by atoms with Gasteiger partial charge in [-0.05, 0) is 17.2 Å². The third-order valence-electron chi connectivity index (χ3n) is 5.59. The van der Waals surface area contributed by atoms with E-state index in [9.17, 15) is 14.4 Å². The Balaban J connectivity index is 1.23. The highest BCUT2D eigenvalue weighted by atomic mass is 16.5. The molecule has 0 aromatic heterocycles. The molecule has 3 aliphatic heterocycles. The number of amides is 3. The molecule has 2 fully saturated rings. The monoisotopic (exact) mass is 371 g/mol. The Bertz CT molecular complexity index is 740. The topological polar surface area (TPSA) is 70.2 Å². The molecule has 1 aromatic carbocycles. The molecule has 0 aliphatic carbocycles. The summed E-state index contributed by atoms with van der Waals surface area (Å²) in [6, 6.07) is 6.40. The maximum atomic E-state index is 12.4. The number of nitrogens with zero attached hydrogens (tertiary/aromatic N) is 3. The SMILES string of the molecule is O=C(CCN1C(=O)CCC1=O)N1CCN(Cc2ccc3c(c2)CCO3)CC1. The first-order valence-corrected chi connectivity index (χ1v) is 9.68. The summed E-state index contributed by atoms with van der Waals surface area (Å²) < 4.78 is 5.55. The number of carbonyl (C=O) groups is 3. The molecule has 0 bridgehead atoms. The first kappa shape index (κ1) is 18.0. The molecule has 7 nitrogen and oxygen atoms in total. The summed E-state index contributed by atoms with van der Waals surface area (Å²) in [4.78, 5) is 41.1. The molecule has 3 heterocycles. The van der Waals surface area contributed by atoms with E-state index in [-0.39, 0.29) is 43.5 Å². The number of hydrogen-bond donors (Lipinski definition) is 0. The van der Waals surface area contributed by atoms with Crippen molar-refractivity contribution in [1.29, 1.82) is 0 Å². The van der Waals surface area contributed by atoms with Crippen LogP contribution in [0.4, 0.5) is 0 Å². The number of benzene rings is 1. The molecular weight excluding hydrogens is 346 g/mol. The molecule has 144 valence electrons. The van der Waals surface area contributed by atoms with E-state index in [1.807, 2.05) is 4.90 Å². The van der Waals surface area contributed by atoms with Crippen molar-refractivity contribution >= 4 is 17.7 Å². The summed E-state index contributed by atoms with van der Waals surface area (Å²) in [7, 11) is 0. The van der Waals surface area contributed by atoms with Crippen LogP contribution in [0.25, 0.3) is 0 Å². The number of likely N-dealkylation sites (tertiary alicyclic amines) is 1. The first-order valence-electron chi connectivity index (χ1n) is 9.68. The van der Waals surface area contributed by atoms with Gasteiger partial charge < -0.3 is 9.64 Å². The molecule has 0 radical (unpaired) electrons. The molecular formula is C20H25N3O4. The van der Waals surface area contributed by atoms with E-state index in [1.165, 1.54) is 16.0 Å². The van der Waals surface area contributed by atoms with Gasteiger partial charge >= 0.3 is 0 Å². The quantitative estimate of drug-likeness (QED) is 0.717. The number of fused-ring (bicyclic) bond motifs is 1. The van der Waals surface area contributed by atoms with Gasteiger partial charge in [0.15, 0.2) is 0 Å². The minimum Gasteiger partial charge on any atom is -0.493 e. The zero-order valence-electron chi connectivity index (χ0n) is 15.5. The second-order valence-corrected chi connectivity index (χ2v) is 7.39. The average molecular weight is 371 g/mol. The van der Waals surface area contributed by atoms with Crippen molar-refractivity contribution in [2.24, 2.45) is 0 Å². The zero-order valence-corrected chi connectivity index (χ0v) is 15.5. The van der Waals surface area contributed by atoms with Gasteiger partial charge in [-0.3, -0.25) is 24.2 Å². The molecule has 0 saturated carbocycles. The Labute approximate surface area is 158 Å². The summed E-state index contributed by atoms with van der Waals surface area (Å²) in [5, 5.41) is 0. The lowest BCUT2D eigenvalue weighted by molar-refractivity contribution is -0.139. The van der Waals surface area contributed by atoms with Crippen molar-refractivity contribution in [3.8, 4) is 5.75 Å². The maximum Gasteiger partial charge on any atom is 0.229 e. The van der Waals surface area contributed by atoms with Gasteiger partial charge in [-0.1, -0.05) is 12.1 Å². The van der Waals surface area contributed by atoms with Crippen LogP contribution in [0.15, 0.2) is 18.2 Å². The Kier molecular flexibility index (Phi) is 5.11. The van der Waals surface area contributed by atoms with Crippen molar-refractivity contribution in [1.82, 2.24) is 14.7 Å². The number of hydrogen-bond acceptors (Lipinski definition) is 5. The van der Waals surface area contributed by atoms with Crippen LogP contribution in [0.5, 0.6) is 5.75 Å². The van der Waals surface area contributed by atoms with Crippen LogP contribution in [0.1, 0.15) is 30.4 Å². The van der Waals surface area contributed by atoms with E-state index >= 15 is 0 Å². The second kappa shape index (κ2) is 7.68. The summed E-state index contributed by atoms with van der Waals surface area (Å²) in [6.07, 6.45) is 1.76. The van der Waals surface area contributed by atoms with Crippen molar-refractivity contribution in [2.45, 2.75) is 32.2 Å². The van der Waals surface area contributed by atoms with Crippen molar-refractivity contribution in [3.05, 3.63) is 29.3 Å². The van der Waals surface area contributed by atoms with Gasteiger partial charge in [0.2, 0.25) is 17.7 Å². The standard InChI is InChI=1S/C20H25N3O4/c24-18(5-7-23-19(25)3-4-20(23)26)22-10-8-21(9-11-22)14-15-1-2-17-16(13-15)6-12-27-17/h1-2,13H,3-12,14H2. The fourth-order valence-corrected chi connectivity index (χ4v) is 3.99. The minimum atomic E-state index is -0.155.